The number of hydrogen-bond acceptors (Lipinski definition) is 2. The second-order valence-corrected chi connectivity index (χ2v) is 6.33. The summed E-state index contributed by atoms with van der Waals surface area (Å²) in [5, 5.41) is 0. The third-order valence-electron chi connectivity index (χ3n) is 4.28. The molecule has 0 atom stereocenters. The van der Waals surface area contributed by atoms with Crippen molar-refractivity contribution in [1.29, 1.82) is 0 Å². The van der Waals surface area contributed by atoms with Gasteiger partial charge in [-0.3, -0.25) is 4.79 Å². The molecule has 0 amide bonds. The quantitative estimate of drug-likeness (QED) is 0.860. The first-order valence-corrected chi connectivity index (χ1v) is 8.24. The smallest absolute Gasteiger partial charge is 0.182 e. The fourth-order valence-electron chi connectivity index (χ4n) is 2.75. The first-order valence-electron chi connectivity index (χ1n) is 8.24. The van der Waals surface area contributed by atoms with Gasteiger partial charge in [0.2, 0.25) is 0 Å². The van der Waals surface area contributed by atoms with Crippen LogP contribution in [0.1, 0.15) is 10.4 Å². The van der Waals surface area contributed by atoms with Crippen LogP contribution in [0.15, 0.2) is 90.3 Å². The van der Waals surface area contributed by atoms with Gasteiger partial charge in [-0.1, -0.05) is 42.5 Å². The van der Waals surface area contributed by atoms with Gasteiger partial charge in [-0.15, -0.1) is 0 Å². The first-order chi connectivity index (χ1) is 11.6. The maximum absolute atomic E-state index is 12.2. The molecule has 1 heterocycles. The standard InChI is InChI=1S/C21H22N2O/c1-22(2)20-10-8-17(9-11-20)18-12-14-23(15-13-18)16-21(24)19-6-4-3-5-7-19/h3-15,20H,16H2,1-2H3/p+1. The molecule has 3 rings (SSSR count). The van der Waals surface area contributed by atoms with E-state index < -0.39 is 0 Å². The van der Waals surface area contributed by atoms with Gasteiger partial charge in [0.15, 0.2) is 5.78 Å². The van der Waals surface area contributed by atoms with Crippen LogP contribution >= 0.6 is 0 Å². The Balaban J connectivity index is 1.64. The predicted molar refractivity (Wildman–Crippen MR) is 97.7 cm³/mol. The largest absolute Gasteiger partial charge is 0.347 e. The minimum absolute atomic E-state index is 0.121. The highest BCUT2D eigenvalue weighted by molar-refractivity contribution is 5.97. The number of carbonyl (C=O) groups is 1. The summed E-state index contributed by atoms with van der Waals surface area (Å²) in [4.78, 5) is 15.6. The van der Waals surface area contributed by atoms with Crippen LogP contribution in [0, 0.1) is 0 Å². The van der Waals surface area contributed by atoms with Crippen molar-refractivity contribution in [2.45, 2.75) is 6.04 Å². The van der Waals surface area contributed by atoms with Gasteiger partial charge in [0.1, 0.15) is 6.04 Å². The number of carbonyl (C=O) groups excluding carboxylic acids is 1. The van der Waals surface area contributed by atoms with Gasteiger partial charge < -0.3 is 9.80 Å². The number of nitrogens with zero attached hydrogens (tertiary/aromatic N) is 1. The highest BCUT2D eigenvalue weighted by Gasteiger charge is 2.13. The van der Waals surface area contributed by atoms with E-state index in [1.165, 1.54) is 10.5 Å². The van der Waals surface area contributed by atoms with Crippen LogP contribution in [0.3, 0.4) is 0 Å². The molecule has 2 aliphatic rings. The second kappa shape index (κ2) is 7.28. The van der Waals surface area contributed by atoms with Crippen molar-refractivity contribution in [2.24, 2.45) is 0 Å². The van der Waals surface area contributed by atoms with Crippen molar-refractivity contribution in [3.05, 3.63) is 95.9 Å². The second-order valence-electron chi connectivity index (χ2n) is 6.33. The summed E-state index contributed by atoms with van der Waals surface area (Å²) in [6.45, 7) is 0.359. The summed E-state index contributed by atoms with van der Waals surface area (Å²) >= 11 is 0. The lowest BCUT2D eigenvalue weighted by Gasteiger charge is -2.20. The number of rotatable bonds is 4. The van der Waals surface area contributed by atoms with Gasteiger partial charge in [0.05, 0.1) is 20.6 Å². The monoisotopic (exact) mass is 319 g/mol. The molecule has 1 aliphatic heterocycles. The highest BCUT2D eigenvalue weighted by Crippen LogP contribution is 2.19. The molecule has 24 heavy (non-hydrogen) atoms. The number of nitrogens with one attached hydrogen (secondary N) is 1. The zero-order valence-corrected chi connectivity index (χ0v) is 14.1. The summed E-state index contributed by atoms with van der Waals surface area (Å²) in [6.07, 6.45) is 16.9. The SMILES string of the molecule is C[NH+](C)C1C=CC(=C2C=CN(CC(=O)c3ccccc3)C=C2)C=C1. The normalized spacial score (nSPS) is 19.5. The van der Waals surface area contributed by atoms with Gasteiger partial charge in [0.25, 0.3) is 0 Å². The van der Waals surface area contributed by atoms with Crippen LogP contribution < -0.4 is 4.90 Å². The number of quaternary nitrogens is 1. The molecular weight excluding hydrogens is 296 g/mol. The number of allylic oxidation sites excluding steroid dienone is 6. The highest BCUT2D eigenvalue weighted by atomic mass is 16.1. The zero-order valence-electron chi connectivity index (χ0n) is 14.1. The minimum Gasteiger partial charge on any atom is -0.347 e. The van der Waals surface area contributed by atoms with Crippen LogP contribution in [0.4, 0.5) is 0 Å². The molecule has 1 N–H and O–H groups in total. The molecule has 0 bridgehead atoms. The van der Waals surface area contributed by atoms with Crippen molar-refractivity contribution in [3.8, 4) is 0 Å². The Kier molecular flexibility index (Phi) is 4.92. The Hall–Kier alpha value is -2.65. The molecule has 0 saturated carbocycles. The van der Waals surface area contributed by atoms with E-state index in [1.807, 2.05) is 47.6 Å². The lowest BCUT2D eigenvalue weighted by Crippen LogP contribution is -3.09. The molecule has 0 fully saturated rings. The van der Waals surface area contributed by atoms with Gasteiger partial charge in [-0.2, -0.15) is 0 Å². The Morgan fingerprint density at radius 2 is 1.54 bits per heavy atom. The van der Waals surface area contributed by atoms with Crippen molar-refractivity contribution < 1.29 is 9.69 Å². The van der Waals surface area contributed by atoms with Crippen LogP contribution in [0.2, 0.25) is 0 Å². The summed E-state index contributed by atoms with van der Waals surface area (Å²) in [5.74, 6) is 0.121. The molecule has 122 valence electrons. The minimum atomic E-state index is 0.121. The van der Waals surface area contributed by atoms with Gasteiger partial charge >= 0.3 is 0 Å². The first kappa shape index (κ1) is 16.2. The topological polar surface area (TPSA) is 24.8 Å². The average molecular weight is 319 g/mol. The molecule has 0 radical (unpaired) electrons. The van der Waals surface area contributed by atoms with Gasteiger partial charge in [0, 0.05) is 18.0 Å². The lowest BCUT2D eigenvalue weighted by atomic mass is 9.99. The summed E-state index contributed by atoms with van der Waals surface area (Å²) < 4.78 is 0. The van der Waals surface area contributed by atoms with E-state index in [0.29, 0.717) is 12.6 Å². The van der Waals surface area contributed by atoms with E-state index in [4.69, 9.17) is 0 Å². The fourth-order valence-corrected chi connectivity index (χ4v) is 2.75. The summed E-state index contributed by atoms with van der Waals surface area (Å²) in [5.41, 5.74) is 3.12. The molecular formula is C21H23N2O+. The third-order valence-corrected chi connectivity index (χ3v) is 4.28. The number of likely N-dealkylation sites (N-methyl/N-ethyl adjacent to an activating group) is 1. The fraction of sp³-hybridized carbons (Fsp3) is 0.190. The van der Waals surface area contributed by atoms with Crippen molar-refractivity contribution in [2.75, 3.05) is 20.6 Å². The molecule has 3 nitrogen and oxygen atoms in total. The van der Waals surface area contributed by atoms with E-state index >= 15 is 0 Å². The average Bonchev–Trinajstić information content (AvgIpc) is 2.63. The lowest BCUT2D eigenvalue weighted by molar-refractivity contribution is -0.871. The van der Waals surface area contributed by atoms with Gasteiger partial charge in [-0.25, -0.2) is 0 Å². The van der Waals surface area contributed by atoms with Crippen LogP contribution in [0.5, 0.6) is 0 Å². The Morgan fingerprint density at radius 3 is 2.12 bits per heavy atom. The third kappa shape index (κ3) is 3.81. The van der Waals surface area contributed by atoms with Crippen LogP contribution in [-0.2, 0) is 0 Å². The van der Waals surface area contributed by atoms with Crippen LogP contribution in [-0.4, -0.2) is 37.4 Å². The number of hydrogen-bond donors (Lipinski definition) is 1. The molecule has 1 aliphatic carbocycles. The maximum Gasteiger partial charge on any atom is 0.182 e. The van der Waals surface area contributed by atoms with E-state index in [1.54, 1.807) is 0 Å². The number of benzene rings is 1. The van der Waals surface area contributed by atoms with E-state index in [0.717, 1.165) is 11.1 Å². The zero-order chi connectivity index (χ0) is 16.9. The Bertz CT molecular complexity index is 719. The number of ketones is 1. The van der Waals surface area contributed by atoms with Gasteiger partial charge in [-0.05, 0) is 35.5 Å². The Morgan fingerprint density at radius 1 is 0.958 bits per heavy atom. The molecule has 3 heteroatoms. The van der Waals surface area contributed by atoms with E-state index in [-0.39, 0.29) is 5.78 Å². The van der Waals surface area contributed by atoms with Crippen LogP contribution in [0.25, 0.3) is 0 Å². The Labute approximate surface area is 143 Å². The van der Waals surface area contributed by atoms with Crippen molar-refractivity contribution in [3.63, 3.8) is 0 Å². The summed E-state index contributed by atoms with van der Waals surface area (Å²) in [6, 6.07) is 9.85. The van der Waals surface area contributed by atoms with E-state index in [9.17, 15) is 4.79 Å². The van der Waals surface area contributed by atoms with Crippen molar-refractivity contribution in [1.82, 2.24) is 4.90 Å². The maximum atomic E-state index is 12.2. The molecule has 1 aromatic carbocycles. The number of Topliss-reactive ketones (excluding diaryl/α,β-unsaturated/α-hetero) is 1. The molecule has 0 unspecified atom stereocenters. The van der Waals surface area contributed by atoms with E-state index in [2.05, 4.69) is 50.6 Å². The summed E-state index contributed by atoms with van der Waals surface area (Å²) in [7, 11) is 4.30. The molecule has 0 aromatic heterocycles. The molecule has 0 spiro atoms. The molecule has 0 saturated heterocycles. The predicted octanol–water partition coefficient (Wildman–Crippen LogP) is 2.15. The molecule has 1 aromatic rings. The van der Waals surface area contributed by atoms with Crippen molar-refractivity contribution >= 4 is 5.78 Å².